The van der Waals surface area contributed by atoms with Gasteiger partial charge in [-0.3, -0.25) is 19.3 Å². The number of ether oxygens (including phenoxy) is 3. The van der Waals surface area contributed by atoms with Gasteiger partial charge in [0.15, 0.2) is 17.5 Å². The average Bonchev–Trinajstić information content (AvgIpc) is 2.86. The van der Waals surface area contributed by atoms with Crippen LogP contribution in [0.3, 0.4) is 0 Å². The highest BCUT2D eigenvalue weighted by Gasteiger charge is 2.82. The number of hydrogen-bond acceptors (Lipinski definition) is 9. The summed E-state index contributed by atoms with van der Waals surface area (Å²) >= 11 is 0. The zero-order valence-electron chi connectivity index (χ0n) is 24.6. The summed E-state index contributed by atoms with van der Waals surface area (Å²) < 4.78 is 18.8. The number of Topliss-reactive ketones (excluding diaryl/α,β-unsaturated/α-hetero) is 1. The average molecular weight is 550 g/mol. The molecule has 4 fully saturated rings. The van der Waals surface area contributed by atoms with Crippen molar-refractivity contribution in [1.82, 2.24) is 4.90 Å². The third-order valence-corrected chi connectivity index (χ3v) is 10.5. The van der Waals surface area contributed by atoms with Crippen molar-refractivity contribution in [2.45, 2.75) is 128 Å². The van der Waals surface area contributed by atoms with E-state index < -0.39 is 75.6 Å². The molecule has 0 spiro atoms. The second kappa shape index (κ2) is 9.93. The topological polar surface area (TPSA) is 123 Å². The van der Waals surface area contributed by atoms with Crippen molar-refractivity contribution in [1.29, 1.82) is 0 Å². The van der Waals surface area contributed by atoms with Crippen molar-refractivity contribution in [2.24, 2.45) is 16.7 Å². The fourth-order valence-electron chi connectivity index (χ4n) is 8.43. The number of likely N-dealkylation sites (tertiary alicyclic amines) is 1. The smallest absolute Gasteiger partial charge is 0.323 e. The summed E-state index contributed by atoms with van der Waals surface area (Å²) in [7, 11) is 0. The zero-order chi connectivity index (χ0) is 29.2. The maximum atomic E-state index is 14.1. The highest BCUT2D eigenvalue weighted by molar-refractivity contribution is 5.92. The van der Waals surface area contributed by atoms with Gasteiger partial charge in [0.2, 0.25) is 0 Å². The number of carbonyl (C=O) groups excluding carboxylic acids is 3. The Balaban J connectivity index is 1.91. The number of esters is 2. The molecular weight excluding hydrogens is 502 g/mol. The van der Waals surface area contributed by atoms with E-state index in [1.807, 2.05) is 20.8 Å². The van der Waals surface area contributed by atoms with Gasteiger partial charge in [0.1, 0.15) is 17.7 Å². The van der Waals surface area contributed by atoms with E-state index in [1.165, 1.54) is 19.9 Å². The maximum absolute atomic E-state index is 14.1. The van der Waals surface area contributed by atoms with Gasteiger partial charge in [-0.05, 0) is 65.0 Å². The first-order chi connectivity index (χ1) is 18.0. The van der Waals surface area contributed by atoms with Crippen molar-refractivity contribution in [3.63, 3.8) is 0 Å². The van der Waals surface area contributed by atoms with Crippen LogP contribution in [0.2, 0.25) is 0 Å². The number of carbonyl (C=O) groups is 3. The Morgan fingerprint density at radius 3 is 2.31 bits per heavy atom. The quantitative estimate of drug-likeness (QED) is 0.394. The van der Waals surface area contributed by atoms with E-state index in [9.17, 15) is 24.6 Å². The molecule has 4 rings (SSSR count). The molecule has 0 aromatic heterocycles. The van der Waals surface area contributed by atoms with Gasteiger partial charge >= 0.3 is 11.9 Å². The largest absolute Gasteiger partial charge is 0.457 e. The maximum Gasteiger partial charge on any atom is 0.323 e. The lowest BCUT2D eigenvalue weighted by Gasteiger charge is -2.71. The van der Waals surface area contributed by atoms with Crippen molar-refractivity contribution < 1.29 is 38.8 Å². The molecular formula is C30H47NO8. The van der Waals surface area contributed by atoms with Crippen molar-refractivity contribution in [3.05, 3.63) is 12.7 Å². The van der Waals surface area contributed by atoms with Crippen LogP contribution in [0.15, 0.2) is 12.7 Å². The number of piperidine rings is 1. The summed E-state index contributed by atoms with van der Waals surface area (Å²) in [6.07, 6.45) is 1.84. The van der Waals surface area contributed by atoms with E-state index in [2.05, 4.69) is 11.5 Å². The standard InChI is InChI=1S/C30H47NO8/c1-9-27(6)17-21(34)30(36)28(7)20(33)13-14-26(4,5)23(28)22(24(37-19(3)32)29(30,8)39-27)38-25(35)18(2)31-15-11-10-12-16-31/h9,18,20,22-24,33,36H,1,10-17H2,2-8H3/t18?,20-,22-,23-,24-,27-,28-,29+,30-/m0/s1. The SMILES string of the molecule is C=C[C@@]1(C)CC(=O)[C@]2(O)[C@@]3(C)[C@@H](O)CCC(C)(C)[C@@H]3[C@H](OC(=O)C(C)N3CCCCC3)[C@H](OC(C)=O)[C@@]2(C)O1. The molecule has 220 valence electrons. The number of aliphatic hydroxyl groups excluding tert-OH is 1. The lowest BCUT2D eigenvalue weighted by Crippen LogP contribution is -2.87. The summed E-state index contributed by atoms with van der Waals surface area (Å²) in [5.41, 5.74) is -7.34. The fourth-order valence-corrected chi connectivity index (χ4v) is 8.43. The first kappa shape index (κ1) is 30.2. The molecule has 2 aliphatic carbocycles. The van der Waals surface area contributed by atoms with Crippen molar-refractivity contribution >= 4 is 17.7 Å². The molecule has 2 saturated carbocycles. The van der Waals surface area contributed by atoms with Gasteiger partial charge in [-0.25, -0.2) is 0 Å². The molecule has 9 nitrogen and oxygen atoms in total. The Bertz CT molecular complexity index is 1020. The van der Waals surface area contributed by atoms with Gasteiger partial charge in [-0.15, -0.1) is 6.58 Å². The van der Waals surface area contributed by atoms with Gasteiger partial charge in [-0.1, -0.05) is 33.3 Å². The molecule has 2 heterocycles. The van der Waals surface area contributed by atoms with Crippen LogP contribution >= 0.6 is 0 Å². The summed E-state index contributed by atoms with van der Waals surface area (Å²) in [5.74, 6) is -2.38. The third-order valence-electron chi connectivity index (χ3n) is 10.5. The highest BCUT2D eigenvalue weighted by atomic mass is 16.6. The van der Waals surface area contributed by atoms with Crippen LogP contribution < -0.4 is 0 Å². The van der Waals surface area contributed by atoms with E-state index >= 15 is 0 Å². The molecule has 0 bridgehead atoms. The van der Waals surface area contributed by atoms with Gasteiger partial charge in [0.05, 0.1) is 11.7 Å². The lowest BCUT2D eigenvalue weighted by atomic mass is 9.39. The molecule has 9 atom stereocenters. The lowest BCUT2D eigenvalue weighted by molar-refractivity contribution is -0.371. The normalized spacial score (nSPS) is 44.9. The number of nitrogens with zero attached hydrogens (tertiary/aromatic N) is 1. The second-order valence-corrected chi connectivity index (χ2v) is 13.5. The van der Waals surface area contributed by atoms with Gasteiger partial charge < -0.3 is 24.4 Å². The molecule has 0 aromatic rings. The number of ketones is 1. The number of fused-ring (bicyclic) bond motifs is 3. The van der Waals surface area contributed by atoms with Crippen LogP contribution in [-0.2, 0) is 28.6 Å². The Kier molecular flexibility index (Phi) is 7.68. The van der Waals surface area contributed by atoms with Crippen molar-refractivity contribution in [2.75, 3.05) is 13.1 Å². The molecule has 4 aliphatic rings. The van der Waals surface area contributed by atoms with E-state index in [-0.39, 0.29) is 6.42 Å². The first-order valence-corrected chi connectivity index (χ1v) is 14.4. The van der Waals surface area contributed by atoms with Crippen LogP contribution in [0.25, 0.3) is 0 Å². The molecule has 39 heavy (non-hydrogen) atoms. The predicted octanol–water partition coefficient (Wildman–Crippen LogP) is 2.95. The molecule has 9 heteroatoms. The molecule has 1 unspecified atom stereocenters. The number of hydrogen-bond donors (Lipinski definition) is 2. The first-order valence-electron chi connectivity index (χ1n) is 14.4. The molecule has 2 aliphatic heterocycles. The van der Waals surface area contributed by atoms with Crippen LogP contribution in [0.5, 0.6) is 0 Å². The summed E-state index contributed by atoms with van der Waals surface area (Å²) in [6, 6.07) is -0.535. The zero-order valence-corrected chi connectivity index (χ0v) is 24.6. The van der Waals surface area contributed by atoms with Gasteiger partial charge in [-0.2, -0.15) is 0 Å². The van der Waals surface area contributed by atoms with Crippen molar-refractivity contribution in [3.8, 4) is 0 Å². The Labute approximate surface area is 232 Å². The van der Waals surface area contributed by atoms with Gasteiger partial charge in [0, 0.05) is 24.7 Å². The monoisotopic (exact) mass is 549 g/mol. The Hall–Kier alpha value is -1.81. The van der Waals surface area contributed by atoms with Crippen LogP contribution in [0.1, 0.15) is 87.0 Å². The minimum absolute atomic E-state index is 0.165. The van der Waals surface area contributed by atoms with E-state index in [0.717, 1.165) is 32.4 Å². The Morgan fingerprint density at radius 2 is 1.74 bits per heavy atom. The van der Waals surface area contributed by atoms with Crippen LogP contribution in [0.4, 0.5) is 0 Å². The number of rotatable bonds is 5. The fraction of sp³-hybridized carbons (Fsp3) is 0.833. The molecule has 2 N–H and O–H groups in total. The second-order valence-electron chi connectivity index (χ2n) is 13.5. The van der Waals surface area contributed by atoms with E-state index in [4.69, 9.17) is 14.2 Å². The Morgan fingerprint density at radius 1 is 1.13 bits per heavy atom. The van der Waals surface area contributed by atoms with E-state index in [1.54, 1.807) is 13.8 Å². The van der Waals surface area contributed by atoms with Gasteiger partial charge in [0.25, 0.3) is 0 Å². The van der Waals surface area contributed by atoms with Crippen LogP contribution in [0, 0.1) is 16.7 Å². The summed E-state index contributed by atoms with van der Waals surface area (Å²) in [4.78, 5) is 42.5. The molecule has 0 radical (unpaired) electrons. The summed E-state index contributed by atoms with van der Waals surface area (Å²) in [5, 5.41) is 24.3. The number of aliphatic hydroxyl groups is 2. The molecule has 2 saturated heterocycles. The minimum Gasteiger partial charge on any atom is -0.457 e. The van der Waals surface area contributed by atoms with Crippen LogP contribution in [-0.4, -0.2) is 87.1 Å². The van der Waals surface area contributed by atoms with E-state index in [0.29, 0.717) is 12.8 Å². The third kappa shape index (κ3) is 4.39. The predicted molar refractivity (Wildman–Crippen MR) is 144 cm³/mol. The molecule has 0 aromatic carbocycles. The molecule has 0 amide bonds. The minimum atomic E-state index is -2.24. The highest BCUT2D eigenvalue weighted by Crippen LogP contribution is 2.67. The summed E-state index contributed by atoms with van der Waals surface area (Å²) in [6.45, 7) is 17.3.